The summed E-state index contributed by atoms with van der Waals surface area (Å²) < 4.78 is 13.7. The molecule has 4 bridgehead atoms. The third-order valence-corrected chi connectivity index (χ3v) is 8.35. The van der Waals surface area contributed by atoms with Gasteiger partial charge in [0, 0.05) is 25.6 Å². The number of halogens is 1. The minimum Gasteiger partial charge on any atom is -0.352 e. The van der Waals surface area contributed by atoms with Crippen LogP contribution >= 0.6 is 0 Å². The van der Waals surface area contributed by atoms with Crippen molar-refractivity contribution in [3.63, 3.8) is 0 Å². The number of aryl methyl sites for hydroxylation is 1. The van der Waals surface area contributed by atoms with Crippen molar-refractivity contribution in [1.82, 2.24) is 10.2 Å². The van der Waals surface area contributed by atoms with Crippen LogP contribution < -0.4 is 5.32 Å². The highest BCUT2D eigenvalue weighted by Crippen LogP contribution is 2.60. The summed E-state index contributed by atoms with van der Waals surface area (Å²) in [6.07, 6.45) is 8.81. The zero-order chi connectivity index (χ0) is 20.9. The van der Waals surface area contributed by atoms with E-state index in [2.05, 4.69) is 10.2 Å². The Hall–Kier alpha value is -1.91. The molecule has 0 atom stereocenters. The smallest absolute Gasteiger partial charge is 0.228 e. The van der Waals surface area contributed by atoms with Gasteiger partial charge in [0.1, 0.15) is 5.82 Å². The van der Waals surface area contributed by atoms with Crippen LogP contribution in [0.2, 0.25) is 0 Å². The molecule has 4 saturated carbocycles. The normalized spacial score (nSPS) is 33.0. The Morgan fingerprint density at radius 2 is 1.67 bits per heavy atom. The van der Waals surface area contributed by atoms with E-state index < -0.39 is 0 Å². The molecule has 0 unspecified atom stereocenters. The second-order valence-electron chi connectivity index (χ2n) is 10.6. The van der Waals surface area contributed by atoms with Crippen molar-refractivity contribution in [2.45, 2.75) is 64.8 Å². The monoisotopic (exact) mass is 412 g/mol. The highest BCUT2D eigenvalue weighted by Gasteiger charge is 2.55. The Kier molecular flexibility index (Phi) is 5.11. The van der Waals surface area contributed by atoms with E-state index in [1.165, 1.54) is 25.3 Å². The largest absolute Gasteiger partial charge is 0.352 e. The molecule has 5 heteroatoms. The first kappa shape index (κ1) is 20.0. The first-order chi connectivity index (χ1) is 14.4. The lowest BCUT2D eigenvalue weighted by molar-refractivity contribution is -0.159. The summed E-state index contributed by atoms with van der Waals surface area (Å²) in [5.41, 5.74) is 1.31. The van der Waals surface area contributed by atoms with Gasteiger partial charge in [-0.3, -0.25) is 9.59 Å². The van der Waals surface area contributed by atoms with Crippen molar-refractivity contribution in [2.24, 2.45) is 29.1 Å². The van der Waals surface area contributed by atoms with E-state index >= 15 is 0 Å². The molecule has 6 rings (SSSR count). The van der Waals surface area contributed by atoms with Crippen molar-refractivity contribution in [3.05, 3.63) is 35.1 Å². The molecule has 0 aromatic heterocycles. The molecule has 4 aliphatic carbocycles. The van der Waals surface area contributed by atoms with Crippen molar-refractivity contribution in [1.29, 1.82) is 0 Å². The predicted octanol–water partition coefficient (Wildman–Crippen LogP) is 4.21. The molecule has 5 fully saturated rings. The molecule has 1 aromatic rings. The maximum atomic E-state index is 13.7. The van der Waals surface area contributed by atoms with Crippen LogP contribution in [0.5, 0.6) is 0 Å². The van der Waals surface area contributed by atoms with Gasteiger partial charge in [-0.25, -0.2) is 4.39 Å². The highest BCUT2D eigenvalue weighted by atomic mass is 19.1. The fourth-order valence-electron chi connectivity index (χ4n) is 7.13. The lowest BCUT2D eigenvalue weighted by Crippen LogP contribution is -2.56. The lowest BCUT2D eigenvalue weighted by atomic mass is 9.49. The number of piperidine rings is 1. The number of carbonyl (C=O) groups is 2. The van der Waals surface area contributed by atoms with Crippen LogP contribution in [-0.4, -0.2) is 29.8 Å². The van der Waals surface area contributed by atoms with Gasteiger partial charge in [0.15, 0.2) is 0 Å². The Morgan fingerprint density at radius 1 is 1.07 bits per heavy atom. The van der Waals surface area contributed by atoms with E-state index in [9.17, 15) is 14.0 Å². The molecule has 1 heterocycles. The average molecular weight is 413 g/mol. The fourth-order valence-corrected chi connectivity index (χ4v) is 7.13. The van der Waals surface area contributed by atoms with Crippen LogP contribution in [0.4, 0.5) is 4.39 Å². The van der Waals surface area contributed by atoms with Gasteiger partial charge < -0.3 is 10.2 Å². The van der Waals surface area contributed by atoms with Crippen molar-refractivity contribution < 1.29 is 14.0 Å². The number of benzene rings is 1. The van der Waals surface area contributed by atoms with Crippen LogP contribution in [0.3, 0.4) is 0 Å². The maximum absolute atomic E-state index is 13.7. The molecule has 0 radical (unpaired) electrons. The van der Waals surface area contributed by atoms with Crippen molar-refractivity contribution in [2.75, 3.05) is 13.1 Å². The van der Waals surface area contributed by atoms with Crippen LogP contribution in [0.15, 0.2) is 18.2 Å². The maximum Gasteiger partial charge on any atom is 0.228 e. The van der Waals surface area contributed by atoms with Crippen LogP contribution in [0.25, 0.3) is 0 Å². The van der Waals surface area contributed by atoms with Crippen molar-refractivity contribution in [3.8, 4) is 0 Å². The van der Waals surface area contributed by atoms with Crippen molar-refractivity contribution >= 4 is 11.8 Å². The summed E-state index contributed by atoms with van der Waals surface area (Å²) in [4.78, 5) is 28.2. The quantitative estimate of drug-likeness (QED) is 0.806. The predicted molar refractivity (Wildman–Crippen MR) is 113 cm³/mol. The second kappa shape index (κ2) is 7.65. The first-order valence-electron chi connectivity index (χ1n) is 11.7. The van der Waals surface area contributed by atoms with Gasteiger partial charge in [0.05, 0.1) is 5.41 Å². The molecule has 30 heavy (non-hydrogen) atoms. The molecule has 162 valence electrons. The Balaban J connectivity index is 1.14. The second-order valence-corrected chi connectivity index (χ2v) is 10.6. The molecule has 1 aromatic carbocycles. The first-order valence-corrected chi connectivity index (χ1v) is 11.7. The number of carbonyl (C=O) groups excluding carboxylic acids is 2. The molecule has 1 N–H and O–H groups in total. The number of nitrogens with zero attached hydrogens (tertiary/aromatic N) is 1. The minimum atomic E-state index is -0.238. The summed E-state index contributed by atoms with van der Waals surface area (Å²) in [6, 6.07) is 5.08. The minimum absolute atomic E-state index is 0.0258. The number of nitrogens with one attached hydrogen (secondary N) is 1. The third kappa shape index (κ3) is 3.65. The van der Waals surface area contributed by atoms with Crippen LogP contribution in [0.1, 0.15) is 62.5 Å². The summed E-state index contributed by atoms with van der Waals surface area (Å²) in [6.45, 7) is 3.47. The van der Waals surface area contributed by atoms with E-state index in [0.717, 1.165) is 55.4 Å². The van der Waals surface area contributed by atoms with Gasteiger partial charge in [-0.2, -0.15) is 0 Å². The number of rotatable bonds is 4. The number of hydrogen-bond donors (Lipinski definition) is 1. The van der Waals surface area contributed by atoms with E-state index in [1.807, 2.05) is 6.07 Å². The zero-order valence-corrected chi connectivity index (χ0v) is 18.0. The van der Waals surface area contributed by atoms with E-state index in [-0.39, 0.29) is 23.1 Å². The van der Waals surface area contributed by atoms with Gasteiger partial charge in [0.25, 0.3) is 0 Å². The summed E-state index contributed by atoms with van der Waals surface area (Å²) >= 11 is 0. The molecular formula is C25H33FN2O2. The molecule has 5 aliphatic rings. The zero-order valence-electron chi connectivity index (χ0n) is 18.0. The van der Waals surface area contributed by atoms with E-state index in [0.29, 0.717) is 31.1 Å². The van der Waals surface area contributed by atoms with Crippen LogP contribution in [-0.2, 0) is 16.1 Å². The van der Waals surface area contributed by atoms with Gasteiger partial charge >= 0.3 is 0 Å². The highest BCUT2D eigenvalue weighted by molar-refractivity contribution is 5.84. The molecular weight excluding hydrogens is 379 g/mol. The van der Waals surface area contributed by atoms with Crippen LogP contribution in [0, 0.1) is 41.8 Å². The Bertz CT molecular complexity index is 808. The topological polar surface area (TPSA) is 49.4 Å². The summed E-state index contributed by atoms with van der Waals surface area (Å²) in [5, 5.41) is 2.96. The standard InChI is InChI=1S/C25H33FN2O2/c1-16-2-3-17(11-22(16)26)15-27-23(29)21-4-6-28(7-5-21)24(30)25-12-18-8-19(13-25)10-20(9-18)14-25/h2-3,11,18-21H,4-10,12-15H2,1H3,(H,27,29). The van der Waals surface area contributed by atoms with E-state index in [1.54, 1.807) is 13.0 Å². The fraction of sp³-hybridized carbons (Fsp3) is 0.680. The Morgan fingerprint density at radius 3 is 2.23 bits per heavy atom. The average Bonchev–Trinajstić information content (AvgIpc) is 2.73. The SMILES string of the molecule is Cc1ccc(CNC(=O)C2CCN(C(=O)C34CC5CC(CC(C5)C3)C4)CC2)cc1F. The van der Waals surface area contributed by atoms with Gasteiger partial charge in [-0.15, -0.1) is 0 Å². The lowest BCUT2D eigenvalue weighted by Gasteiger charge is -2.57. The Labute approximate surface area is 178 Å². The molecule has 1 aliphatic heterocycles. The van der Waals surface area contributed by atoms with Gasteiger partial charge in [-0.1, -0.05) is 12.1 Å². The molecule has 0 spiro atoms. The van der Waals surface area contributed by atoms with E-state index in [4.69, 9.17) is 0 Å². The van der Waals surface area contributed by atoms with Gasteiger partial charge in [-0.05, 0) is 93.2 Å². The summed E-state index contributed by atoms with van der Waals surface area (Å²) in [7, 11) is 0. The van der Waals surface area contributed by atoms with Gasteiger partial charge in [0.2, 0.25) is 11.8 Å². The molecule has 4 nitrogen and oxygen atoms in total. The number of likely N-dealkylation sites (tertiary alicyclic amines) is 1. The molecule has 1 saturated heterocycles. The number of hydrogen-bond acceptors (Lipinski definition) is 2. The summed E-state index contributed by atoms with van der Waals surface area (Å²) in [5.74, 6) is 2.44. The molecule has 2 amide bonds. The third-order valence-electron chi connectivity index (χ3n) is 8.35. The number of amides is 2.